The van der Waals surface area contributed by atoms with Gasteiger partial charge in [-0.2, -0.15) is 0 Å². The number of nitrogens with one attached hydrogen (secondary N) is 1. The van der Waals surface area contributed by atoms with E-state index in [1.807, 2.05) is 121 Å². The van der Waals surface area contributed by atoms with Gasteiger partial charge in [0.05, 0.1) is 6.61 Å². The van der Waals surface area contributed by atoms with Crippen LogP contribution in [-0.2, 0) is 28.0 Å². The van der Waals surface area contributed by atoms with Gasteiger partial charge >= 0.3 is 5.97 Å². The second-order valence-corrected chi connectivity index (χ2v) is 9.12. The minimum Gasteiger partial charge on any atom is -0.465 e. The topological polar surface area (TPSA) is 84.6 Å². The third-order valence-electron chi connectivity index (χ3n) is 6.25. The molecular formula is C33H39ClN2O3. The summed E-state index contributed by atoms with van der Waals surface area (Å²) in [6, 6.07) is 38.1. The molecule has 2 atom stereocenters. The normalized spacial score (nSPS) is 12.2. The third-order valence-corrected chi connectivity index (χ3v) is 6.51. The molecule has 4 N–H and O–H groups in total. The van der Waals surface area contributed by atoms with E-state index in [1.54, 1.807) is 6.92 Å². The maximum atomic E-state index is 11.6. The summed E-state index contributed by atoms with van der Waals surface area (Å²) in [6.45, 7) is 2.13. The first kappa shape index (κ1) is 31.7. The van der Waals surface area contributed by atoms with Crippen LogP contribution in [-0.4, -0.2) is 29.8 Å². The zero-order chi connectivity index (χ0) is 27.2. The van der Waals surface area contributed by atoms with Crippen molar-refractivity contribution in [3.63, 3.8) is 0 Å². The average Bonchev–Trinajstić information content (AvgIpc) is 2.98. The highest BCUT2D eigenvalue weighted by Crippen LogP contribution is 2.33. The molecule has 0 radical (unpaired) electrons. The molecule has 0 saturated carbocycles. The first-order valence-corrected chi connectivity index (χ1v) is 13.1. The maximum Gasteiger partial charge on any atom is 0.324 e. The first-order valence-electron chi connectivity index (χ1n) is 12.7. The molecule has 4 aromatic carbocycles. The van der Waals surface area contributed by atoms with Crippen molar-refractivity contribution in [1.29, 1.82) is 0 Å². The van der Waals surface area contributed by atoms with E-state index in [0.29, 0.717) is 19.4 Å². The van der Waals surface area contributed by atoms with Gasteiger partial charge in [-0.15, -0.1) is 0 Å². The van der Waals surface area contributed by atoms with Crippen molar-refractivity contribution < 1.29 is 14.6 Å². The lowest BCUT2D eigenvalue weighted by atomic mass is 9.78. The van der Waals surface area contributed by atoms with Crippen molar-refractivity contribution in [2.45, 2.75) is 44.9 Å². The lowest BCUT2D eigenvalue weighted by Gasteiger charge is -2.35. The van der Waals surface area contributed by atoms with Crippen LogP contribution in [0, 0.1) is 0 Å². The molecule has 4 rings (SSSR count). The van der Waals surface area contributed by atoms with Gasteiger partial charge < -0.3 is 15.6 Å². The Balaban J connectivity index is 0.000000292. The second-order valence-electron chi connectivity index (χ2n) is 8.90. The Morgan fingerprint density at radius 2 is 1.18 bits per heavy atom. The molecule has 0 bridgehead atoms. The summed E-state index contributed by atoms with van der Waals surface area (Å²) in [4.78, 5) is 13.8. The lowest BCUT2D eigenvalue weighted by molar-refractivity contribution is -0.145. The van der Waals surface area contributed by atoms with Crippen LogP contribution in [0.5, 0.6) is 0 Å². The van der Waals surface area contributed by atoms with Gasteiger partial charge in [0.25, 0.3) is 0 Å². The highest BCUT2D eigenvalue weighted by Gasteiger charge is 2.38. The molecule has 0 aliphatic heterocycles. The number of nitrogens with two attached hydrogens (primary N) is 1. The Morgan fingerprint density at radius 3 is 1.56 bits per heavy atom. The fraction of sp³-hybridized carbons (Fsp3) is 0.242. The van der Waals surface area contributed by atoms with Crippen LogP contribution in [0.25, 0.3) is 0 Å². The van der Waals surface area contributed by atoms with E-state index in [1.165, 1.54) is 0 Å². The molecule has 0 fully saturated rings. The van der Waals surface area contributed by atoms with Gasteiger partial charge in [-0.25, -0.2) is 4.84 Å². The van der Waals surface area contributed by atoms with E-state index in [2.05, 4.69) is 4.84 Å². The van der Waals surface area contributed by atoms with E-state index in [4.69, 9.17) is 22.2 Å². The summed E-state index contributed by atoms with van der Waals surface area (Å²) in [5.41, 5.74) is 9.06. The fourth-order valence-corrected chi connectivity index (χ4v) is 4.42. The first-order chi connectivity index (χ1) is 18.5. The molecule has 0 amide bonds. The minimum atomic E-state index is -1.22. The van der Waals surface area contributed by atoms with Gasteiger partial charge in [-0.3, -0.25) is 4.79 Å². The van der Waals surface area contributed by atoms with E-state index in [9.17, 15) is 9.90 Å². The summed E-state index contributed by atoms with van der Waals surface area (Å²) in [5.74, 6) is -0.323. The van der Waals surface area contributed by atoms with Gasteiger partial charge in [0.1, 0.15) is 11.6 Å². The standard InChI is InChI=1S/C21H21NO.C11H14ClNO2.CH4/c22-20(16-17-10-4-1-5-11-17)21(23,18-12-6-2-7-13-18)19-14-8-3-9-15-19;1-2-15-11(14)10(13-12)8-9-6-4-3-5-7-9;/h1-15,20,23H,16,22H2;3-7,10,13H,2,8H2,1H3;1H4/t20-;10-;/m00./s1. The summed E-state index contributed by atoms with van der Waals surface area (Å²) in [6.07, 6.45) is 1.13. The van der Waals surface area contributed by atoms with Crippen molar-refractivity contribution in [2.24, 2.45) is 5.73 Å². The van der Waals surface area contributed by atoms with Gasteiger partial charge in [0, 0.05) is 6.04 Å². The van der Waals surface area contributed by atoms with E-state index >= 15 is 0 Å². The van der Waals surface area contributed by atoms with Crippen molar-refractivity contribution in [1.82, 2.24) is 4.84 Å². The number of aliphatic hydroxyl groups is 1. The number of esters is 1. The quantitative estimate of drug-likeness (QED) is 0.167. The molecule has 0 aromatic heterocycles. The number of ether oxygens (including phenoxy) is 1. The summed E-state index contributed by atoms with van der Waals surface area (Å²) in [7, 11) is 0. The van der Waals surface area contributed by atoms with Crippen LogP contribution < -0.4 is 10.6 Å². The SMILES string of the molecule is C.CCOC(=O)[C@H](Cc1ccccc1)NCl.N[C@@H](Cc1ccccc1)C(O)(c1ccccc1)c1ccccc1. The molecule has 0 unspecified atom stereocenters. The Kier molecular flexibility index (Phi) is 13.4. The molecule has 39 heavy (non-hydrogen) atoms. The summed E-state index contributed by atoms with van der Waals surface area (Å²) in [5, 5.41) is 11.6. The number of rotatable bonds is 10. The van der Waals surface area contributed by atoms with Crippen LogP contribution in [0.2, 0.25) is 0 Å². The average molecular weight is 547 g/mol. The van der Waals surface area contributed by atoms with Crippen molar-refractivity contribution in [3.8, 4) is 0 Å². The molecule has 0 aliphatic carbocycles. The van der Waals surface area contributed by atoms with Gasteiger partial charge in [-0.1, -0.05) is 129 Å². The number of hydrogen-bond donors (Lipinski definition) is 3. The molecule has 0 spiro atoms. The molecule has 0 aliphatic rings. The van der Waals surface area contributed by atoms with E-state index in [-0.39, 0.29) is 13.4 Å². The van der Waals surface area contributed by atoms with Gasteiger partial charge in [-0.05, 0) is 53.8 Å². The molecule has 206 valence electrons. The predicted molar refractivity (Wildman–Crippen MR) is 160 cm³/mol. The highest BCUT2D eigenvalue weighted by atomic mass is 35.5. The van der Waals surface area contributed by atoms with Crippen LogP contribution >= 0.6 is 11.8 Å². The van der Waals surface area contributed by atoms with Crippen LogP contribution in [0.1, 0.15) is 36.6 Å². The van der Waals surface area contributed by atoms with Crippen molar-refractivity contribution in [3.05, 3.63) is 144 Å². The van der Waals surface area contributed by atoms with Crippen LogP contribution in [0.4, 0.5) is 0 Å². The number of halogens is 1. The maximum absolute atomic E-state index is 11.6. The predicted octanol–water partition coefficient (Wildman–Crippen LogP) is 6.03. The number of carbonyl (C=O) groups excluding carboxylic acids is 1. The Hall–Kier alpha value is -3.48. The monoisotopic (exact) mass is 546 g/mol. The van der Waals surface area contributed by atoms with Crippen LogP contribution in [0.15, 0.2) is 121 Å². The number of carbonyl (C=O) groups is 1. The van der Waals surface area contributed by atoms with Crippen molar-refractivity contribution in [2.75, 3.05) is 6.61 Å². The Labute approximate surface area is 237 Å². The fourth-order valence-electron chi connectivity index (χ4n) is 4.25. The Bertz CT molecular complexity index is 1170. The number of hydrogen-bond acceptors (Lipinski definition) is 5. The van der Waals surface area contributed by atoms with Crippen molar-refractivity contribution >= 4 is 17.7 Å². The van der Waals surface area contributed by atoms with E-state index < -0.39 is 17.7 Å². The smallest absolute Gasteiger partial charge is 0.324 e. The summed E-state index contributed by atoms with van der Waals surface area (Å²) >= 11 is 5.50. The largest absolute Gasteiger partial charge is 0.465 e. The van der Waals surface area contributed by atoms with Crippen LogP contribution in [0.3, 0.4) is 0 Å². The van der Waals surface area contributed by atoms with Gasteiger partial charge in [0.15, 0.2) is 0 Å². The molecule has 4 aromatic rings. The zero-order valence-electron chi connectivity index (χ0n) is 21.5. The molecule has 6 heteroatoms. The zero-order valence-corrected chi connectivity index (χ0v) is 22.3. The minimum absolute atomic E-state index is 0. The lowest BCUT2D eigenvalue weighted by Crippen LogP contribution is -2.47. The summed E-state index contributed by atoms with van der Waals surface area (Å²) < 4.78 is 4.88. The molecule has 0 saturated heterocycles. The molecule has 5 nitrogen and oxygen atoms in total. The van der Waals surface area contributed by atoms with Gasteiger partial charge in [0.2, 0.25) is 0 Å². The highest BCUT2D eigenvalue weighted by molar-refractivity contribution is 6.14. The molecular weight excluding hydrogens is 508 g/mol. The third kappa shape index (κ3) is 9.05. The molecule has 0 heterocycles. The second kappa shape index (κ2) is 16.5. The Morgan fingerprint density at radius 1 is 0.795 bits per heavy atom. The number of benzene rings is 4. The van der Waals surface area contributed by atoms with E-state index in [0.717, 1.165) is 22.3 Å².